The second-order valence-electron chi connectivity index (χ2n) is 5.71. The van der Waals surface area contributed by atoms with Crippen molar-refractivity contribution in [2.45, 2.75) is 32.7 Å². The molecule has 3 heterocycles. The zero-order valence-corrected chi connectivity index (χ0v) is 15.2. The van der Waals surface area contributed by atoms with Crippen molar-refractivity contribution in [1.29, 1.82) is 0 Å². The van der Waals surface area contributed by atoms with Crippen LogP contribution in [0.25, 0.3) is 0 Å². The standard InChI is InChI=1S/C15H19N5O2S2/c1-9-6-16-14(24-9)19-13(22)7-20-5-3-4-12(20)11-8-23-15(18-11)17-10(2)21/h6,8,12H,3-5,7H2,1-2H3,(H,16,19,22)(H,17,18,21). The molecular weight excluding hydrogens is 346 g/mol. The van der Waals surface area contributed by atoms with Crippen molar-refractivity contribution in [3.8, 4) is 0 Å². The molecule has 1 aliphatic rings. The van der Waals surface area contributed by atoms with E-state index in [4.69, 9.17) is 0 Å². The Balaban J connectivity index is 1.61. The minimum atomic E-state index is -0.128. The summed E-state index contributed by atoms with van der Waals surface area (Å²) in [6.07, 6.45) is 3.74. The van der Waals surface area contributed by atoms with Gasteiger partial charge in [-0.1, -0.05) is 0 Å². The van der Waals surface area contributed by atoms with Gasteiger partial charge in [-0.3, -0.25) is 14.5 Å². The first kappa shape index (κ1) is 17.0. The van der Waals surface area contributed by atoms with Crippen molar-refractivity contribution in [3.63, 3.8) is 0 Å². The van der Waals surface area contributed by atoms with Crippen molar-refractivity contribution >= 4 is 44.8 Å². The third-order valence-corrected chi connectivity index (χ3v) is 5.33. The summed E-state index contributed by atoms with van der Waals surface area (Å²) in [6.45, 7) is 4.60. The van der Waals surface area contributed by atoms with Gasteiger partial charge in [-0.15, -0.1) is 22.7 Å². The average Bonchev–Trinajstić information content (AvgIpc) is 3.20. The summed E-state index contributed by atoms with van der Waals surface area (Å²) in [5, 5.41) is 8.74. The van der Waals surface area contributed by atoms with Gasteiger partial charge in [-0.25, -0.2) is 9.97 Å². The minimum Gasteiger partial charge on any atom is -0.302 e. The second-order valence-corrected chi connectivity index (χ2v) is 7.80. The normalized spacial score (nSPS) is 17.8. The topological polar surface area (TPSA) is 87.2 Å². The molecular formula is C15H19N5O2S2. The zero-order valence-electron chi connectivity index (χ0n) is 13.5. The molecule has 1 aliphatic heterocycles. The van der Waals surface area contributed by atoms with Crippen LogP contribution >= 0.6 is 22.7 Å². The number of likely N-dealkylation sites (tertiary alicyclic amines) is 1. The predicted molar refractivity (Wildman–Crippen MR) is 95.4 cm³/mol. The van der Waals surface area contributed by atoms with E-state index in [1.807, 2.05) is 12.3 Å². The Labute approximate surface area is 148 Å². The van der Waals surface area contributed by atoms with E-state index >= 15 is 0 Å². The van der Waals surface area contributed by atoms with E-state index in [-0.39, 0.29) is 17.9 Å². The fourth-order valence-corrected chi connectivity index (χ4v) is 4.24. The van der Waals surface area contributed by atoms with Crippen molar-refractivity contribution in [2.75, 3.05) is 23.7 Å². The van der Waals surface area contributed by atoms with E-state index in [0.717, 1.165) is 30.0 Å². The Morgan fingerprint density at radius 1 is 1.38 bits per heavy atom. The predicted octanol–water partition coefficient (Wildman–Crippen LogP) is 2.64. The molecule has 0 aromatic carbocycles. The largest absolute Gasteiger partial charge is 0.302 e. The highest BCUT2D eigenvalue weighted by Gasteiger charge is 2.29. The number of rotatable bonds is 5. The number of nitrogens with zero attached hydrogens (tertiary/aromatic N) is 3. The molecule has 9 heteroatoms. The van der Waals surface area contributed by atoms with Crippen LogP contribution in [-0.2, 0) is 9.59 Å². The van der Waals surface area contributed by atoms with Gasteiger partial charge in [0.05, 0.1) is 18.3 Å². The number of hydrogen-bond donors (Lipinski definition) is 2. The molecule has 0 bridgehead atoms. The summed E-state index contributed by atoms with van der Waals surface area (Å²) >= 11 is 2.88. The zero-order chi connectivity index (χ0) is 17.1. The summed E-state index contributed by atoms with van der Waals surface area (Å²) in [5.41, 5.74) is 0.916. The fourth-order valence-electron chi connectivity index (χ4n) is 2.75. The van der Waals surface area contributed by atoms with Crippen molar-refractivity contribution in [3.05, 3.63) is 22.1 Å². The third-order valence-electron chi connectivity index (χ3n) is 3.72. The number of anilines is 2. The number of aryl methyl sites for hydroxylation is 1. The summed E-state index contributed by atoms with van der Waals surface area (Å²) in [4.78, 5) is 35.2. The quantitative estimate of drug-likeness (QED) is 0.850. The monoisotopic (exact) mass is 365 g/mol. The van der Waals surface area contributed by atoms with Crippen molar-refractivity contribution < 1.29 is 9.59 Å². The first-order chi connectivity index (χ1) is 11.5. The Hall–Kier alpha value is -1.84. The fraction of sp³-hybridized carbons (Fsp3) is 0.467. The number of nitrogens with one attached hydrogen (secondary N) is 2. The van der Waals surface area contributed by atoms with Crippen LogP contribution in [0.15, 0.2) is 11.6 Å². The molecule has 1 saturated heterocycles. The molecule has 7 nitrogen and oxygen atoms in total. The summed E-state index contributed by atoms with van der Waals surface area (Å²) < 4.78 is 0. The lowest BCUT2D eigenvalue weighted by Crippen LogP contribution is -2.33. The van der Waals surface area contributed by atoms with E-state index in [9.17, 15) is 9.59 Å². The molecule has 128 valence electrons. The molecule has 2 N–H and O–H groups in total. The molecule has 24 heavy (non-hydrogen) atoms. The van der Waals surface area contributed by atoms with Crippen LogP contribution in [0.2, 0.25) is 0 Å². The van der Waals surface area contributed by atoms with Crippen molar-refractivity contribution in [1.82, 2.24) is 14.9 Å². The second kappa shape index (κ2) is 7.37. The van der Waals surface area contributed by atoms with E-state index in [0.29, 0.717) is 16.8 Å². The Morgan fingerprint density at radius 2 is 2.21 bits per heavy atom. The molecule has 1 fully saturated rings. The van der Waals surface area contributed by atoms with Crippen LogP contribution in [0, 0.1) is 6.92 Å². The van der Waals surface area contributed by atoms with Gasteiger partial charge in [0, 0.05) is 23.4 Å². The molecule has 0 aliphatic carbocycles. The number of aromatic nitrogens is 2. The van der Waals surface area contributed by atoms with Gasteiger partial charge >= 0.3 is 0 Å². The highest BCUT2D eigenvalue weighted by Crippen LogP contribution is 2.33. The van der Waals surface area contributed by atoms with Gasteiger partial charge in [0.25, 0.3) is 0 Å². The number of carbonyl (C=O) groups excluding carboxylic acids is 2. The van der Waals surface area contributed by atoms with Crippen LogP contribution in [0.4, 0.5) is 10.3 Å². The molecule has 1 atom stereocenters. The molecule has 0 spiro atoms. The van der Waals surface area contributed by atoms with Crippen LogP contribution in [0.3, 0.4) is 0 Å². The van der Waals surface area contributed by atoms with E-state index < -0.39 is 0 Å². The number of amides is 2. The molecule has 0 radical (unpaired) electrons. The molecule has 2 aromatic heterocycles. The van der Waals surface area contributed by atoms with E-state index in [2.05, 4.69) is 25.5 Å². The molecule has 2 amide bonds. The van der Waals surface area contributed by atoms with Crippen LogP contribution in [0.1, 0.15) is 36.4 Å². The first-order valence-corrected chi connectivity index (χ1v) is 9.40. The maximum absolute atomic E-state index is 12.2. The SMILES string of the molecule is CC(=O)Nc1nc(C2CCCN2CC(=O)Nc2ncc(C)s2)cs1. The Bertz CT molecular complexity index is 742. The molecule has 0 saturated carbocycles. The maximum atomic E-state index is 12.2. The average molecular weight is 365 g/mol. The summed E-state index contributed by atoms with van der Waals surface area (Å²) in [5.74, 6) is -0.189. The lowest BCUT2D eigenvalue weighted by Gasteiger charge is -2.22. The number of carbonyl (C=O) groups is 2. The molecule has 1 unspecified atom stereocenters. The lowest BCUT2D eigenvalue weighted by molar-refractivity contribution is -0.117. The highest BCUT2D eigenvalue weighted by atomic mass is 32.1. The van der Waals surface area contributed by atoms with Crippen LogP contribution in [0.5, 0.6) is 0 Å². The summed E-state index contributed by atoms with van der Waals surface area (Å²) in [7, 11) is 0. The minimum absolute atomic E-state index is 0.0615. The van der Waals surface area contributed by atoms with E-state index in [1.54, 1.807) is 6.20 Å². The van der Waals surface area contributed by atoms with Crippen LogP contribution in [-0.4, -0.2) is 39.8 Å². The number of thiazole rings is 2. The number of hydrogen-bond acceptors (Lipinski definition) is 7. The highest BCUT2D eigenvalue weighted by molar-refractivity contribution is 7.15. The summed E-state index contributed by atoms with van der Waals surface area (Å²) in [6, 6.07) is 0.118. The van der Waals surface area contributed by atoms with Gasteiger partial charge in [0.15, 0.2) is 10.3 Å². The van der Waals surface area contributed by atoms with E-state index in [1.165, 1.54) is 29.6 Å². The van der Waals surface area contributed by atoms with Crippen LogP contribution < -0.4 is 10.6 Å². The van der Waals surface area contributed by atoms with Crippen molar-refractivity contribution in [2.24, 2.45) is 0 Å². The smallest absolute Gasteiger partial charge is 0.240 e. The third kappa shape index (κ3) is 4.16. The first-order valence-electron chi connectivity index (χ1n) is 7.70. The van der Waals surface area contributed by atoms with Gasteiger partial charge in [-0.05, 0) is 26.3 Å². The van der Waals surface area contributed by atoms with Gasteiger partial charge in [0.1, 0.15) is 0 Å². The Morgan fingerprint density at radius 3 is 2.92 bits per heavy atom. The molecule has 2 aromatic rings. The lowest BCUT2D eigenvalue weighted by atomic mass is 10.2. The van der Waals surface area contributed by atoms with Gasteiger partial charge in [-0.2, -0.15) is 0 Å². The molecule has 3 rings (SSSR count). The van der Waals surface area contributed by atoms with Gasteiger partial charge < -0.3 is 10.6 Å². The Kier molecular flexibility index (Phi) is 5.22. The maximum Gasteiger partial charge on any atom is 0.240 e. The van der Waals surface area contributed by atoms with Gasteiger partial charge in [0.2, 0.25) is 11.8 Å².